The van der Waals surface area contributed by atoms with Crippen LogP contribution in [-0.2, 0) is 11.3 Å². The van der Waals surface area contributed by atoms with Crippen LogP contribution in [0.25, 0.3) is 0 Å². The average molecular weight is 236 g/mol. The molecule has 1 aromatic rings. The van der Waals surface area contributed by atoms with Crippen LogP contribution < -0.4 is 10.5 Å². The van der Waals surface area contributed by atoms with Gasteiger partial charge in [-0.25, -0.2) is 0 Å². The molecule has 1 rings (SSSR count). The summed E-state index contributed by atoms with van der Waals surface area (Å²) in [7, 11) is 1.61. The predicted molar refractivity (Wildman–Crippen MR) is 68.6 cm³/mol. The van der Waals surface area contributed by atoms with Crippen LogP contribution in [0, 0.1) is 5.41 Å². The van der Waals surface area contributed by atoms with Gasteiger partial charge in [0.25, 0.3) is 0 Å². The van der Waals surface area contributed by atoms with E-state index in [2.05, 4.69) is 0 Å². The molecular formula is C13H20N2O2. The van der Waals surface area contributed by atoms with E-state index in [0.717, 1.165) is 11.3 Å². The first-order chi connectivity index (χ1) is 7.83. The van der Waals surface area contributed by atoms with Crippen molar-refractivity contribution < 1.29 is 9.47 Å². The number of amidine groups is 1. The third-order valence-corrected chi connectivity index (χ3v) is 2.25. The largest absolute Gasteiger partial charge is 0.496 e. The standard InChI is InChI=1S/C13H20N2O2/c1-13(2,3)17-8-10-7-9(12(14)15)5-6-11(10)16-4/h5-7H,8H2,1-4H3,(H3,14,15). The van der Waals surface area contributed by atoms with Crippen LogP contribution in [0.3, 0.4) is 0 Å². The van der Waals surface area contributed by atoms with Crippen molar-refractivity contribution in [3.05, 3.63) is 29.3 Å². The van der Waals surface area contributed by atoms with Crippen molar-refractivity contribution in [2.75, 3.05) is 7.11 Å². The third-order valence-electron chi connectivity index (χ3n) is 2.25. The van der Waals surface area contributed by atoms with Gasteiger partial charge in [0.05, 0.1) is 19.3 Å². The lowest BCUT2D eigenvalue weighted by molar-refractivity contribution is -0.0156. The lowest BCUT2D eigenvalue weighted by atomic mass is 10.1. The zero-order valence-corrected chi connectivity index (χ0v) is 10.8. The minimum atomic E-state index is -0.211. The Morgan fingerprint density at radius 1 is 1.35 bits per heavy atom. The molecule has 0 heterocycles. The Morgan fingerprint density at radius 2 is 2.00 bits per heavy atom. The van der Waals surface area contributed by atoms with Gasteiger partial charge in [-0.15, -0.1) is 0 Å². The van der Waals surface area contributed by atoms with Crippen LogP contribution in [0.1, 0.15) is 31.9 Å². The Bertz CT molecular complexity index is 408. The third kappa shape index (κ3) is 4.07. The minimum Gasteiger partial charge on any atom is -0.496 e. The number of hydrogen-bond donors (Lipinski definition) is 2. The van der Waals surface area contributed by atoms with Crippen LogP contribution in [0.15, 0.2) is 18.2 Å². The van der Waals surface area contributed by atoms with E-state index in [1.807, 2.05) is 26.8 Å². The molecule has 0 radical (unpaired) electrons. The molecular weight excluding hydrogens is 216 g/mol. The number of nitrogen functional groups attached to an aromatic ring is 1. The predicted octanol–water partition coefficient (Wildman–Crippen LogP) is 2.29. The summed E-state index contributed by atoms with van der Waals surface area (Å²) in [5, 5.41) is 7.41. The quantitative estimate of drug-likeness (QED) is 0.622. The molecule has 0 aliphatic rings. The summed E-state index contributed by atoms with van der Waals surface area (Å²) in [5.74, 6) is 0.795. The van der Waals surface area contributed by atoms with Crippen LogP contribution in [0.2, 0.25) is 0 Å². The van der Waals surface area contributed by atoms with Gasteiger partial charge >= 0.3 is 0 Å². The van der Waals surface area contributed by atoms with E-state index >= 15 is 0 Å². The molecule has 0 saturated heterocycles. The highest BCUT2D eigenvalue weighted by Gasteiger charge is 2.13. The molecule has 0 unspecified atom stereocenters. The van der Waals surface area contributed by atoms with E-state index in [-0.39, 0.29) is 11.4 Å². The summed E-state index contributed by atoms with van der Waals surface area (Å²) >= 11 is 0. The molecule has 94 valence electrons. The number of rotatable bonds is 4. The molecule has 0 bridgehead atoms. The topological polar surface area (TPSA) is 68.3 Å². The molecule has 0 fully saturated rings. The highest BCUT2D eigenvalue weighted by atomic mass is 16.5. The molecule has 0 aliphatic heterocycles. The van der Waals surface area contributed by atoms with Crippen molar-refractivity contribution in [1.29, 1.82) is 5.41 Å². The summed E-state index contributed by atoms with van der Waals surface area (Å²) < 4.78 is 11.0. The van der Waals surface area contributed by atoms with Crippen molar-refractivity contribution in [2.45, 2.75) is 33.0 Å². The van der Waals surface area contributed by atoms with Gasteiger partial charge in [-0.2, -0.15) is 0 Å². The first-order valence-electron chi connectivity index (χ1n) is 5.49. The first kappa shape index (κ1) is 13.5. The number of nitrogens with one attached hydrogen (secondary N) is 1. The maximum Gasteiger partial charge on any atom is 0.124 e. The summed E-state index contributed by atoms with van der Waals surface area (Å²) in [6, 6.07) is 5.40. The Morgan fingerprint density at radius 3 is 2.47 bits per heavy atom. The SMILES string of the molecule is COc1ccc(C(=N)N)cc1COC(C)(C)C. The molecule has 3 N–H and O–H groups in total. The molecule has 0 saturated carbocycles. The van der Waals surface area contributed by atoms with Crippen molar-refractivity contribution in [3.8, 4) is 5.75 Å². The molecule has 0 aromatic heterocycles. The van der Waals surface area contributed by atoms with E-state index < -0.39 is 0 Å². The highest BCUT2D eigenvalue weighted by molar-refractivity contribution is 5.95. The Labute approximate surface area is 102 Å². The van der Waals surface area contributed by atoms with Crippen molar-refractivity contribution in [3.63, 3.8) is 0 Å². The van der Waals surface area contributed by atoms with Gasteiger partial charge in [0, 0.05) is 11.1 Å². The van der Waals surface area contributed by atoms with Gasteiger partial charge < -0.3 is 15.2 Å². The minimum absolute atomic E-state index is 0.0460. The Hall–Kier alpha value is -1.55. The highest BCUT2D eigenvalue weighted by Crippen LogP contribution is 2.22. The summed E-state index contributed by atoms with van der Waals surface area (Å²) in [6.45, 7) is 6.42. The van der Waals surface area contributed by atoms with Crippen LogP contribution in [0.5, 0.6) is 5.75 Å². The van der Waals surface area contributed by atoms with Gasteiger partial charge in [-0.05, 0) is 39.0 Å². The van der Waals surface area contributed by atoms with E-state index in [9.17, 15) is 0 Å². The lowest BCUT2D eigenvalue weighted by Crippen LogP contribution is -2.19. The van der Waals surface area contributed by atoms with Crippen LogP contribution >= 0.6 is 0 Å². The van der Waals surface area contributed by atoms with Gasteiger partial charge in [0.15, 0.2) is 0 Å². The zero-order chi connectivity index (χ0) is 13.1. The number of methoxy groups -OCH3 is 1. The number of hydrogen-bond acceptors (Lipinski definition) is 3. The fourth-order valence-electron chi connectivity index (χ4n) is 1.35. The molecule has 0 spiro atoms. The van der Waals surface area contributed by atoms with Gasteiger partial charge in [0.1, 0.15) is 11.6 Å². The van der Waals surface area contributed by atoms with E-state index in [1.54, 1.807) is 19.2 Å². The van der Waals surface area contributed by atoms with Crippen molar-refractivity contribution in [2.24, 2.45) is 5.73 Å². The fourth-order valence-corrected chi connectivity index (χ4v) is 1.35. The first-order valence-corrected chi connectivity index (χ1v) is 5.49. The van der Waals surface area contributed by atoms with E-state index in [4.69, 9.17) is 20.6 Å². The van der Waals surface area contributed by atoms with Crippen LogP contribution in [-0.4, -0.2) is 18.5 Å². The Balaban J connectivity index is 2.94. The lowest BCUT2D eigenvalue weighted by Gasteiger charge is -2.20. The number of ether oxygens (including phenoxy) is 2. The molecule has 1 aromatic carbocycles. The normalized spacial score (nSPS) is 11.3. The van der Waals surface area contributed by atoms with Crippen molar-refractivity contribution >= 4 is 5.84 Å². The maximum atomic E-state index is 7.41. The fraction of sp³-hybridized carbons (Fsp3) is 0.462. The second kappa shape index (κ2) is 5.19. The molecule has 0 aliphatic carbocycles. The maximum absolute atomic E-state index is 7.41. The molecule has 17 heavy (non-hydrogen) atoms. The monoisotopic (exact) mass is 236 g/mol. The second-order valence-electron chi connectivity index (χ2n) is 4.84. The zero-order valence-electron chi connectivity index (χ0n) is 10.8. The van der Waals surface area contributed by atoms with E-state index in [0.29, 0.717) is 12.2 Å². The summed E-state index contributed by atoms with van der Waals surface area (Å²) in [4.78, 5) is 0. The number of nitrogens with two attached hydrogens (primary N) is 1. The smallest absolute Gasteiger partial charge is 0.124 e. The van der Waals surface area contributed by atoms with Crippen molar-refractivity contribution in [1.82, 2.24) is 0 Å². The molecule has 4 nitrogen and oxygen atoms in total. The second-order valence-corrected chi connectivity index (χ2v) is 4.84. The average Bonchev–Trinajstić information content (AvgIpc) is 2.24. The van der Waals surface area contributed by atoms with Gasteiger partial charge in [0.2, 0.25) is 0 Å². The van der Waals surface area contributed by atoms with Gasteiger partial charge in [-0.1, -0.05) is 0 Å². The Kier molecular flexibility index (Phi) is 4.12. The summed E-state index contributed by atoms with van der Waals surface area (Å²) in [5.41, 5.74) is 6.82. The summed E-state index contributed by atoms with van der Waals surface area (Å²) in [6.07, 6.45) is 0. The molecule has 0 atom stereocenters. The number of benzene rings is 1. The molecule has 0 amide bonds. The van der Waals surface area contributed by atoms with Crippen LogP contribution in [0.4, 0.5) is 0 Å². The molecule has 4 heteroatoms. The van der Waals surface area contributed by atoms with E-state index in [1.165, 1.54) is 0 Å². The van der Waals surface area contributed by atoms with Gasteiger partial charge in [-0.3, -0.25) is 5.41 Å².